The first-order chi connectivity index (χ1) is 10.2. The predicted octanol–water partition coefficient (Wildman–Crippen LogP) is 4.42. The highest BCUT2D eigenvalue weighted by Crippen LogP contribution is 2.40. The van der Waals surface area contributed by atoms with Crippen molar-refractivity contribution < 1.29 is 0 Å². The molecule has 0 saturated heterocycles. The molecule has 0 radical (unpaired) electrons. The normalized spacial score (nSPS) is 18.5. The molecule has 0 fully saturated rings. The molecule has 3 rings (SSSR count). The van der Waals surface area contributed by atoms with E-state index in [-0.39, 0.29) is 0 Å². The molecule has 110 valence electrons. The van der Waals surface area contributed by atoms with Crippen molar-refractivity contribution in [3.8, 4) is 0 Å². The van der Waals surface area contributed by atoms with Gasteiger partial charge in [0.05, 0.1) is 0 Å². The van der Waals surface area contributed by atoms with Gasteiger partial charge in [0.15, 0.2) is 0 Å². The molecule has 1 aromatic heterocycles. The summed E-state index contributed by atoms with van der Waals surface area (Å²) in [6.45, 7) is 5.17. The van der Waals surface area contributed by atoms with Crippen LogP contribution in [0.4, 0.5) is 0 Å². The molecule has 0 aliphatic heterocycles. The molecular weight excluding hydrogens is 280 g/mol. The van der Waals surface area contributed by atoms with Gasteiger partial charge >= 0.3 is 0 Å². The molecule has 3 heteroatoms. The molecule has 1 aromatic carbocycles. The van der Waals surface area contributed by atoms with Crippen molar-refractivity contribution in [1.82, 2.24) is 10.3 Å². The Hall–Kier alpha value is -1.38. The van der Waals surface area contributed by atoms with Crippen LogP contribution in [0.15, 0.2) is 36.5 Å². The number of aromatic nitrogens is 1. The Bertz CT molecular complexity index is 639. The number of halogens is 1. The molecule has 0 amide bonds. The van der Waals surface area contributed by atoms with Gasteiger partial charge in [-0.2, -0.15) is 0 Å². The summed E-state index contributed by atoms with van der Waals surface area (Å²) >= 11 is 6.17. The van der Waals surface area contributed by atoms with Crippen LogP contribution in [0.2, 0.25) is 5.02 Å². The molecule has 2 nitrogen and oxygen atoms in total. The summed E-state index contributed by atoms with van der Waals surface area (Å²) in [6, 6.07) is 10.9. The molecule has 0 spiro atoms. The van der Waals surface area contributed by atoms with E-state index in [1.807, 2.05) is 18.3 Å². The lowest BCUT2D eigenvalue weighted by molar-refractivity contribution is 0.447. The summed E-state index contributed by atoms with van der Waals surface area (Å²) in [5.41, 5.74) is 5.10. The maximum atomic E-state index is 6.17. The summed E-state index contributed by atoms with van der Waals surface area (Å²) in [5, 5.41) is 4.48. The van der Waals surface area contributed by atoms with Crippen molar-refractivity contribution in [2.24, 2.45) is 0 Å². The average molecular weight is 301 g/mol. The number of nitrogens with zero attached hydrogens (tertiary/aromatic N) is 1. The Morgan fingerprint density at radius 2 is 2.24 bits per heavy atom. The third-order valence-electron chi connectivity index (χ3n) is 4.37. The zero-order chi connectivity index (χ0) is 14.8. The van der Waals surface area contributed by atoms with E-state index < -0.39 is 0 Å². The van der Waals surface area contributed by atoms with Crippen molar-refractivity contribution in [3.63, 3.8) is 0 Å². The number of pyridine rings is 1. The van der Waals surface area contributed by atoms with Crippen molar-refractivity contribution in [1.29, 1.82) is 0 Å². The third-order valence-corrected chi connectivity index (χ3v) is 4.79. The molecular formula is C18H21ClN2. The quantitative estimate of drug-likeness (QED) is 0.904. The van der Waals surface area contributed by atoms with Gasteiger partial charge < -0.3 is 5.32 Å². The second kappa shape index (κ2) is 6.17. The zero-order valence-corrected chi connectivity index (χ0v) is 13.3. The molecule has 2 aromatic rings. The SMILES string of the molecule is CCNC(c1ccc(Cl)c(C)c1)C1CCc2cccnc21. The van der Waals surface area contributed by atoms with Crippen LogP contribution in [-0.2, 0) is 6.42 Å². The first-order valence-electron chi connectivity index (χ1n) is 7.64. The van der Waals surface area contributed by atoms with Crippen LogP contribution < -0.4 is 5.32 Å². The van der Waals surface area contributed by atoms with Gasteiger partial charge in [-0.3, -0.25) is 4.98 Å². The van der Waals surface area contributed by atoms with Gasteiger partial charge in [-0.1, -0.05) is 36.7 Å². The molecule has 0 bridgehead atoms. The Labute approximate surface area is 131 Å². The van der Waals surface area contributed by atoms with Crippen molar-refractivity contribution in [2.75, 3.05) is 6.54 Å². The van der Waals surface area contributed by atoms with Gasteiger partial charge in [0.2, 0.25) is 0 Å². The van der Waals surface area contributed by atoms with Crippen LogP contribution >= 0.6 is 11.6 Å². The van der Waals surface area contributed by atoms with Crippen molar-refractivity contribution in [3.05, 3.63) is 63.9 Å². The minimum Gasteiger partial charge on any atom is -0.310 e. The highest BCUT2D eigenvalue weighted by Gasteiger charge is 2.31. The Morgan fingerprint density at radius 1 is 1.38 bits per heavy atom. The van der Waals surface area contributed by atoms with Gasteiger partial charge in [-0.25, -0.2) is 0 Å². The van der Waals surface area contributed by atoms with Crippen LogP contribution in [0.25, 0.3) is 0 Å². The second-order valence-electron chi connectivity index (χ2n) is 5.74. The average Bonchev–Trinajstić information content (AvgIpc) is 2.92. The van der Waals surface area contributed by atoms with Crippen LogP contribution in [0.3, 0.4) is 0 Å². The van der Waals surface area contributed by atoms with Gasteiger partial charge in [-0.15, -0.1) is 0 Å². The summed E-state index contributed by atoms with van der Waals surface area (Å²) in [7, 11) is 0. The van der Waals surface area contributed by atoms with E-state index in [1.54, 1.807) is 0 Å². The van der Waals surface area contributed by atoms with E-state index >= 15 is 0 Å². The van der Waals surface area contributed by atoms with Gasteiger partial charge in [0.1, 0.15) is 0 Å². The Kier molecular flexibility index (Phi) is 4.27. The van der Waals surface area contributed by atoms with E-state index in [2.05, 4.69) is 42.3 Å². The number of hydrogen-bond donors (Lipinski definition) is 1. The molecule has 1 heterocycles. The molecule has 21 heavy (non-hydrogen) atoms. The Morgan fingerprint density at radius 3 is 3.00 bits per heavy atom. The number of benzene rings is 1. The molecule has 2 atom stereocenters. The third kappa shape index (κ3) is 2.83. The summed E-state index contributed by atoms with van der Waals surface area (Å²) in [5.74, 6) is 0.446. The van der Waals surface area contributed by atoms with Crippen LogP contribution in [0.1, 0.15) is 47.7 Å². The smallest absolute Gasteiger partial charge is 0.0485 e. The number of aryl methyl sites for hydroxylation is 2. The van der Waals surface area contributed by atoms with Gasteiger partial charge in [-0.05, 0) is 55.1 Å². The summed E-state index contributed by atoms with van der Waals surface area (Å²) in [4.78, 5) is 4.64. The number of nitrogens with one attached hydrogen (secondary N) is 1. The van der Waals surface area contributed by atoms with Crippen LogP contribution in [-0.4, -0.2) is 11.5 Å². The molecule has 1 N–H and O–H groups in total. The number of fused-ring (bicyclic) bond motifs is 1. The highest BCUT2D eigenvalue weighted by atomic mass is 35.5. The van der Waals surface area contributed by atoms with E-state index in [9.17, 15) is 0 Å². The minimum atomic E-state index is 0.308. The number of hydrogen-bond acceptors (Lipinski definition) is 2. The highest BCUT2D eigenvalue weighted by molar-refractivity contribution is 6.31. The topological polar surface area (TPSA) is 24.9 Å². The predicted molar refractivity (Wildman–Crippen MR) is 87.9 cm³/mol. The van der Waals surface area contributed by atoms with Crippen molar-refractivity contribution >= 4 is 11.6 Å². The van der Waals surface area contributed by atoms with Crippen molar-refractivity contribution in [2.45, 2.75) is 38.6 Å². The molecule has 0 saturated carbocycles. The fraction of sp³-hybridized carbons (Fsp3) is 0.389. The standard InChI is InChI=1S/C18H21ClN2/c1-3-20-18(14-7-9-16(19)12(2)11-14)15-8-6-13-5-4-10-21-17(13)15/h4-5,7,9-11,15,18,20H,3,6,8H2,1-2H3. The fourth-order valence-electron chi connectivity index (χ4n) is 3.34. The zero-order valence-electron chi connectivity index (χ0n) is 12.6. The second-order valence-corrected chi connectivity index (χ2v) is 6.14. The largest absolute Gasteiger partial charge is 0.310 e. The lowest BCUT2D eigenvalue weighted by Gasteiger charge is -2.25. The molecule has 1 aliphatic rings. The maximum Gasteiger partial charge on any atom is 0.0485 e. The first-order valence-corrected chi connectivity index (χ1v) is 8.01. The minimum absolute atomic E-state index is 0.308. The fourth-order valence-corrected chi connectivity index (χ4v) is 3.46. The maximum absolute atomic E-state index is 6.17. The van der Waals surface area contributed by atoms with E-state index in [0.29, 0.717) is 12.0 Å². The molecule has 1 aliphatic carbocycles. The lowest BCUT2D eigenvalue weighted by Crippen LogP contribution is -2.26. The first kappa shape index (κ1) is 14.6. The van der Waals surface area contributed by atoms with E-state index in [0.717, 1.165) is 30.0 Å². The number of likely N-dealkylation sites (N-methyl/N-ethyl adjacent to an activating group) is 1. The Balaban J connectivity index is 1.97. The van der Waals surface area contributed by atoms with Gasteiger partial charge in [0, 0.05) is 28.9 Å². The van der Waals surface area contributed by atoms with E-state index in [1.165, 1.54) is 16.8 Å². The molecule has 2 unspecified atom stereocenters. The summed E-state index contributed by atoms with van der Waals surface area (Å²) < 4.78 is 0. The van der Waals surface area contributed by atoms with E-state index in [4.69, 9.17) is 11.6 Å². The van der Waals surface area contributed by atoms with Gasteiger partial charge in [0.25, 0.3) is 0 Å². The van der Waals surface area contributed by atoms with Crippen LogP contribution in [0, 0.1) is 6.92 Å². The lowest BCUT2D eigenvalue weighted by atomic mass is 9.90. The summed E-state index contributed by atoms with van der Waals surface area (Å²) in [6.07, 6.45) is 4.20. The number of rotatable bonds is 4. The van der Waals surface area contributed by atoms with Crippen LogP contribution in [0.5, 0.6) is 0 Å². The monoisotopic (exact) mass is 300 g/mol.